The molecule has 0 aliphatic carbocycles. The van der Waals surface area contributed by atoms with Crippen LogP contribution in [0.1, 0.15) is 29.7 Å². The van der Waals surface area contributed by atoms with Crippen molar-refractivity contribution in [3.8, 4) is 0 Å². The molecule has 2 unspecified atom stereocenters. The largest absolute Gasteiger partial charge is 0.455 e. The summed E-state index contributed by atoms with van der Waals surface area (Å²) in [7, 11) is -2.27. The molecular formula is C13H20N2O5S. The number of nitrogens with zero attached hydrogens (tertiary/aromatic N) is 1. The van der Waals surface area contributed by atoms with Crippen LogP contribution in [0.4, 0.5) is 0 Å². The molecule has 2 rings (SSSR count). The van der Waals surface area contributed by atoms with Crippen LogP contribution < -0.4 is 5.14 Å². The first-order valence-corrected chi connectivity index (χ1v) is 8.24. The fourth-order valence-corrected chi connectivity index (χ4v) is 3.25. The first-order valence-electron chi connectivity index (χ1n) is 6.69. The predicted molar refractivity (Wildman–Crippen MR) is 75.3 cm³/mol. The highest BCUT2D eigenvalue weighted by Crippen LogP contribution is 2.24. The molecule has 2 atom stereocenters. The standard InChI is InChI=1S/C13H20N2O5S/c1-8-4-5-15(7-11(8)19-3)13(16)10-6-12(9(2)20-10)21(14,17)18/h6,8,11H,4-5,7H2,1-3H3,(H2,14,17,18). The lowest BCUT2D eigenvalue weighted by Gasteiger charge is -2.35. The summed E-state index contributed by atoms with van der Waals surface area (Å²) in [5, 5.41) is 5.08. The van der Waals surface area contributed by atoms with Gasteiger partial charge in [0.25, 0.3) is 5.91 Å². The third-order valence-electron chi connectivity index (χ3n) is 3.87. The summed E-state index contributed by atoms with van der Waals surface area (Å²) < 4.78 is 33.4. The van der Waals surface area contributed by atoms with Crippen LogP contribution >= 0.6 is 0 Å². The Hall–Kier alpha value is -1.38. The molecule has 1 amide bonds. The zero-order chi connectivity index (χ0) is 15.8. The van der Waals surface area contributed by atoms with Gasteiger partial charge in [-0.3, -0.25) is 4.79 Å². The van der Waals surface area contributed by atoms with Gasteiger partial charge in [-0.2, -0.15) is 0 Å². The van der Waals surface area contributed by atoms with Gasteiger partial charge in [0, 0.05) is 26.3 Å². The maximum absolute atomic E-state index is 12.4. The van der Waals surface area contributed by atoms with Crippen LogP contribution in [0.2, 0.25) is 0 Å². The van der Waals surface area contributed by atoms with Gasteiger partial charge in [0.15, 0.2) is 5.76 Å². The summed E-state index contributed by atoms with van der Waals surface area (Å²) in [6, 6.07) is 1.19. The van der Waals surface area contributed by atoms with Gasteiger partial charge in [-0.25, -0.2) is 13.6 Å². The summed E-state index contributed by atoms with van der Waals surface area (Å²) >= 11 is 0. The zero-order valence-corrected chi connectivity index (χ0v) is 13.1. The van der Waals surface area contributed by atoms with Gasteiger partial charge in [0.2, 0.25) is 10.0 Å². The van der Waals surface area contributed by atoms with Crippen LogP contribution in [0, 0.1) is 12.8 Å². The molecule has 118 valence electrons. The molecule has 0 aromatic carbocycles. The number of primary sulfonamides is 1. The lowest BCUT2D eigenvalue weighted by atomic mass is 9.95. The van der Waals surface area contributed by atoms with E-state index in [4.69, 9.17) is 14.3 Å². The Bertz CT molecular complexity index is 637. The fourth-order valence-electron chi connectivity index (χ4n) is 2.53. The van der Waals surface area contributed by atoms with E-state index in [1.807, 2.05) is 0 Å². The molecule has 1 fully saturated rings. The molecule has 2 heterocycles. The van der Waals surface area contributed by atoms with Crippen molar-refractivity contribution in [3.63, 3.8) is 0 Å². The number of aryl methyl sites for hydroxylation is 1. The molecule has 0 spiro atoms. The van der Waals surface area contributed by atoms with Gasteiger partial charge in [-0.05, 0) is 19.3 Å². The average molecular weight is 316 g/mol. The molecule has 2 N–H and O–H groups in total. The van der Waals surface area contributed by atoms with E-state index in [1.54, 1.807) is 12.0 Å². The van der Waals surface area contributed by atoms with E-state index in [0.717, 1.165) is 6.42 Å². The van der Waals surface area contributed by atoms with Crippen molar-refractivity contribution in [3.05, 3.63) is 17.6 Å². The Kier molecular flexibility index (Phi) is 4.40. The number of hydrogen-bond donors (Lipinski definition) is 1. The number of rotatable bonds is 3. The normalized spacial score (nSPS) is 23.3. The molecule has 0 radical (unpaired) electrons. The number of amides is 1. The number of carbonyl (C=O) groups is 1. The lowest BCUT2D eigenvalue weighted by molar-refractivity contribution is -0.00265. The summed E-state index contributed by atoms with van der Waals surface area (Å²) in [4.78, 5) is 13.9. The van der Waals surface area contributed by atoms with Crippen LogP contribution in [0.15, 0.2) is 15.4 Å². The van der Waals surface area contributed by atoms with Gasteiger partial charge >= 0.3 is 0 Å². The highest BCUT2D eigenvalue weighted by Gasteiger charge is 2.31. The minimum absolute atomic E-state index is 0.0130. The number of ether oxygens (including phenoxy) is 1. The van der Waals surface area contributed by atoms with E-state index < -0.39 is 10.0 Å². The van der Waals surface area contributed by atoms with E-state index in [2.05, 4.69) is 6.92 Å². The smallest absolute Gasteiger partial charge is 0.289 e. The summed E-state index contributed by atoms with van der Waals surface area (Å²) in [6.45, 7) is 4.59. The first kappa shape index (κ1) is 16.0. The number of sulfonamides is 1. The minimum atomic E-state index is -3.89. The number of nitrogens with two attached hydrogens (primary N) is 1. The van der Waals surface area contributed by atoms with Crippen LogP contribution in [0.5, 0.6) is 0 Å². The molecule has 1 saturated heterocycles. The number of piperidine rings is 1. The van der Waals surface area contributed by atoms with Crippen LogP contribution in [0.3, 0.4) is 0 Å². The lowest BCUT2D eigenvalue weighted by Crippen LogP contribution is -2.46. The quantitative estimate of drug-likeness (QED) is 0.885. The van der Waals surface area contributed by atoms with Gasteiger partial charge in [0.05, 0.1) is 6.10 Å². The van der Waals surface area contributed by atoms with E-state index in [-0.39, 0.29) is 28.4 Å². The molecule has 8 heteroatoms. The highest BCUT2D eigenvalue weighted by molar-refractivity contribution is 7.89. The van der Waals surface area contributed by atoms with Crippen molar-refractivity contribution in [2.75, 3.05) is 20.2 Å². The van der Waals surface area contributed by atoms with E-state index in [0.29, 0.717) is 19.0 Å². The summed E-state index contributed by atoms with van der Waals surface area (Å²) in [6.07, 6.45) is 0.794. The van der Waals surface area contributed by atoms with Crippen molar-refractivity contribution in [2.24, 2.45) is 11.1 Å². The molecular weight excluding hydrogens is 296 g/mol. The maximum Gasteiger partial charge on any atom is 0.289 e. The van der Waals surface area contributed by atoms with Crippen LogP contribution in [-0.2, 0) is 14.8 Å². The third-order valence-corrected chi connectivity index (χ3v) is 4.89. The van der Waals surface area contributed by atoms with Crippen molar-refractivity contribution in [1.29, 1.82) is 0 Å². The Morgan fingerprint density at radius 1 is 1.52 bits per heavy atom. The van der Waals surface area contributed by atoms with Gasteiger partial charge in [-0.1, -0.05) is 6.92 Å². The second-order valence-electron chi connectivity index (χ2n) is 5.37. The van der Waals surface area contributed by atoms with E-state index >= 15 is 0 Å². The second-order valence-corrected chi connectivity index (χ2v) is 6.90. The van der Waals surface area contributed by atoms with E-state index in [1.165, 1.54) is 13.0 Å². The third kappa shape index (κ3) is 3.28. The number of methoxy groups -OCH3 is 1. The Morgan fingerprint density at radius 2 is 2.19 bits per heavy atom. The van der Waals surface area contributed by atoms with Gasteiger partial charge < -0.3 is 14.1 Å². The van der Waals surface area contributed by atoms with Crippen molar-refractivity contribution < 1.29 is 22.4 Å². The van der Waals surface area contributed by atoms with Crippen LogP contribution in [0.25, 0.3) is 0 Å². The zero-order valence-electron chi connectivity index (χ0n) is 12.3. The average Bonchev–Trinajstić information content (AvgIpc) is 2.80. The van der Waals surface area contributed by atoms with Gasteiger partial charge in [0.1, 0.15) is 10.7 Å². The number of hydrogen-bond acceptors (Lipinski definition) is 5. The molecule has 1 aliphatic heterocycles. The Labute approximate surface area is 124 Å². The molecule has 1 aliphatic rings. The first-order chi connectivity index (χ1) is 9.74. The van der Waals surface area contributed by atoms with Crippen molar-refractivity contribution >= 4 is 15.9 Å². The predicted octanol–water partition coefficient (Wildman–Crippen LogP) is 0.732. The fraction of sp³-hybridized carbons (Fsp3) is 0.615. The van der Waals surface area contributed by atoms with Crippen molar-refractivity contribution in [1.82, 2.24) is 4.90 Å². The minimum Gasteiger partial charge on any atom is -0.455 e. The second kappa shape index (κ2) is 5.78. The highest BCUT2D eigenvalue weighted by atomic mass is 32.2. The van der Waals surface area contributed by atoms with Gasteiger partial charge in [-0.15, -0.1) is 0 Å². The molecule has 7 nitrogen and oxygen atoms in total. The SMILES string of the molecule is COC1CN(C(=O)c2cc(S(N)(=O)=O)c(C)o2)CCC1C. The Balaban J connectivity index is 2.21. The monoisotopic (exact) mass is 316 g/mol. The van der Waals surface area contributed by atoms with Crippen molar-refractivity contribution in [2.45, 2.75) is 31.3 Å². The molecule has 0 saturated carbocycles. The molecule has 21 heavy (non-hydrogen) atoms. The number of furan rings is 1. The maximum atomic E-state index is 12.4. The number of carbonyl (C=O) groups excluding carboxylic acids is 1. The molecule has 1 aromatic heterocycles. The Morgan fingerprint density at radius 3 is 2.71 bits per heavy atom. The molecule has 1 aromatic rings. The molecule has 0 bridgehead atoms. The van der Waals surface area contributed by atoms with E-state index in [9.17, 15) is 13.2 Å². The number of likely N-dealkylation sites (tertiary alicyclic amines) is 1. The topological polar surface area (TPSA) is 103 Å². The summed E-state index contributed by atoms with van der Waals surface area (Å²) in [5.41, 5.74) is 0. The van der Waals surface area contributed by atoms with Crippen LogP contribution in [-0.4, -0.2) is 45.5 Å². The summed E-state index contributed by atoms with van der Waals surface area (Å²) in [5.74, 6) is 0.134.